The second kappa shape index (κ2) is 6.53. The fourth-order valence-electron chi connectivity index (χ4n) is 0.431. The molecule has 0 rings (SSSR count). The molecule has 1 amide bonds. The normalized spacial score (nSPS) is 11.1. The molecule has 0 heterocycles. The minimum atomic E-state index is -1.06. The Morgan fingerprint density at radius 1 is 1.64 bits per heavy atom. The molecule has 64 valence electrons. The van der Waals surface area contributed by atoms with Gasteiger partial charge in [0.25, 0.3) is 0 Å². The summed E-state index contributed by atoms with van der Waals surface area (Å²) < 4.78 is 0. The third-order valence-electron chi connectivity index (χ3n) is 0.858. The zero-order chi connectivity index (χ0) is 8.15. The number of hydrogen-bond acceptors (Lipinski definition) is 3. The van der Waals surface area contributed by atoms with Crippen LogP contribution in [-0.4, -0.2) is 28.8 Å². The molecule has 0 aromatic heterocycles. The van der Waals surface area contributed by atoms with Gasteiger partial charge in [0, 0.05) is 30.0 Å². The number of carboxylic acids is 1. The molecule has 0 saturated carbocycles. The van der Waals surface area contributed by atoms with Gasteiger partial charge in [-0.2, -0.15) is 12.6 Å². The summed E-state index contributed by atoms with van der Waals surface area (Å²) >= 11 is 3.73. The van der Waals surface area contributed by atoms with Gasteiger partial charge < -0.3 is 10.4 Å². The molecule has 6 heteroatoms. The van der Waals surface area contributed by atoms with E-state index < -0.39 is 12.0 Å². The first kappa shape index (κ1) is 13.4. The van der Waals surface area contributed by atoms with Crippen molar-refractivity contribution in [3.05, 3.63) is 0 Å². The molecule has 1 unspecified atom stereocenters. The molecule has 0 spiro atoms. The van der Waals surface area contributed by atoms with Crippen LogP contribution in [-0.2, 0) is 27.0 Å². The Labute approximate surface area is 80.9 Å². The van der Waals surface area contributed by atoms with Gasteiger partial charge in [-0.05, 0) is 0 Å². The van der Waals surface area contributed by atoms with Gasteiger partial charge in [0.05, 0.1) is 0 Å². The van der Waals surface area contributed by atoms with Crippen molar-refractivity contribution in [2.45, 2.75) is 13.0 Å². The van der Waals surface area contributed by atoms with Crippen molar-refractivity contribution in [3.8, 4) is 0 Å². The molecule has 0 fully saturated rings. The second-order valence-corrected chi connectivity index (χ2v) is 2.14. The fourth-order valence-corrected chi connectivity index (χ4v) is 0.678. The monoisotopic (exact) mass is 215 g/mol. The molecule has 11 heavy (non-hydrogen) atoms. The zero-order valence-corrected chi connectivity index (χ0v) is 8.07. The minimum absolute atomic E-state index is 0. The predicted molar refractivity (Wildman–Crippen MR) is 39.1 cm³/mol. The first-order valence-electron chi connectivity index (χ1n) is 2.68. The van der Waals surface area contributed by atoms with E-state index in [2.05, 4.69) is 17.9 Å². The van der Waals surface area contributed by atoms with Gasteiger partial charge in [0.15, 0.2) is 0 Å². The van der Waals surface area contributed by atoms with E-state index in [1.165, 1.54) is 6.92 Å². The number of aliphatic carboxylic acids is 1. The Bertz CT molecular complexity index is 153. The van der Waals surface area contributed by atoms with Gasteiger partial charge in [-0.3, -0.25) is 4.79 Å². The molecular weight excluding hydrogens is 206 g/mol. The second-order valence-electron chi connectivity index (χ2n) is 1.77. The fraction of sp³-hybridized carbons (Fsp3) is 0.600. The number of carbonyl (C=O) groups is 2. The van der Waals surface area contributed by atoms with E-state index in [0.717, 1.165) is 0 Å². The van der Waals surface area contributed by atoms with Crippen molar-refractivity contribution >= 4 is 24.5 Å². The number of nitrogens with one attached hydrogen (secondary N) is 1. The first-order chi connectivity index (χ1) is 4.57. The maximum atomic E-state index is 10.3. The van der Waals surface area contributed by atoms with Crippen LogP contribution in [0.3, 0.4) is 0 Å². The maximum Gasteiger partial charge on any atom is 0.327 e. The van der Waals surface area contributed by atoms with E-state index in [4.69, 9.17) is 5.11 Å². The number of hydrogen-bond donors (Lipinski definition) is 3. The van der Waals surface area contributed by atoms with Crippen molar-refractivity contribution in [1.29, 1.82) is 0 Å². The molecule has 0 aromatic carbocycles. The number of carbonyl (C=O) groups excluding carboxylic acids is 1. The van der Waals surface area contributed by atoms with Crippen LogP contribution in [0.4, 0.5) is 0 Å². The summed E-state index contributed by atoms with van der Waals surface area (Å²) in [6.07, 6.45) is 0. The van der Waals surface area contributed by atoms with Gasteiger partial charge in [0.2, 0.25) is 5.91 Å². The molecule has 2 N–H and O–H groups in total. The average Bonchev–Trinajstić information content (AvgIpc) is 1.81. The van der Waals surface area contributed by atoms with E-state index in [0.29, 0.717) is 0 Å². The van der Waals surface area contributed by atoms with Crippen molar-refractivity contribution in [1.82, 2.24) is 5.32 Å². The molecule has 1 atom stereocenters. The van der Waals surface area contributed by atoms with Crippen molar-refractivity contribution in [2.24, 2.45) is 0 Å². The first-order valence-corrected chi connectivity index (χ1v) is 3.32. The van der Waals surface area contributed by atoms with Crippen molar-refractivity contribution < 1.29 is 32.1 Å². The quantitative estimate of drug-likeness (QED) is 0.556. The molecule has 0 aromatic rings. The van der Waals surface area contributed by atoms with Gasteiger partial charge in [-0.15, -0.1) is 0 Å². The van der Waals surface area contributed by atoms with Crippen molar-refractivity contribution in [2.75, 3.05) is 5.75 Å². The van der Waals surface area contributed by atoms with Gasteiger partial charge >= 0.3 is 5.97 Å². The number of thiol groups is 1. The molecule has 0 aliphatic carbocycles. The Balaban J connectivity index is 0. The van der Waals surface area contributed by atoms with Crippen LogP contribution >= 0.6 is 12.6 Å². The van der Waals surface area contributed by atoms with Crippen molar-refractivity contribution in [3.63, 3.8) is 0 Å². The van der Waals surface area contributed by atoms with Crippen LogP contribution in [0, 0.1) is 0 Å². The summed E-state index contributed by atoms with van der Waals surface area (Å²) in [7, 11) is 0. The van der Waals surface area contributed by atoms with Crippen LogP contribution in [0.15, 0.2) is 0 Å². The largest absolute Gasteiger partial charge is 0.480 e. The molecule has 0 bridgehead atoms. The van der Waals surface area contributed by atoms with Crippen LogP contribution in [0.25, 0.3) is 0 Å². The number of amides is 1. The number of carboxylic acid groups (broad SMARTS) is 1. The maximum absolute atomic E-state index is 10.3. The molecular formula is C5H9CrNO3S. The zero-order valence-electron chi connectivity index (χ0n) is 5.90. The SMILES string of the molecule is CC(=O)NC(CS)C(=O)O.[Cr]. The van der Waals surface area contributed by atoms with Gasteiger partial charge in [-0.25, -0.2) is 4.79 Å². The summed E-state index contributed by atoms with van der Waals surface area (Å²) in [5.41, 5.74) is 0. The smallest absolute Gasteiger partial charge is 0.327 e. The molecule has 4 nitrogen and oxygen atoms in total. The number of rotatable bonds is 3. The van der Waals surface area contributed by atoms with Crippen LogP contribution in [0.1, 0.15) is 6.92 Å². The Morgan fingerprint density at radius 3 is 2.18 bits per heavy atom. The van der Waals surface area contributed by atoms with Crippen LogP contribution in [0.5, 0.6) is 0 Å². The molecule has 0 aliphatic heterocycles. The van der Waals surface area contributed by atoms with Crippen LogP contribution < -0.4 is 5.32 Å². The summed E-state index contributed by atoms with van der Waals surface area (Å²) in [4.78, 5) is 20.5. The van der Waals surface area contributed by atoms with E-state index in [1.54, 1.807) is 0 Å². The topological polar surface area (TPSA) is 66.4 Å². The molecule has 0 saturated heterocycles. The van der Waals surface area contributed by atoms with E-state index >= 15 is 0 Å². The average molecular weight is 215 g/mol. The van der Waals surface area contributed by atoms with E-state index in [1.807, 2.05) is 0 Å². The summed E-state index contributed by atoms with van der Waals surface area (Å²) in [5.74, 6) is -1.32. The van der Waals surface area contributed by atoms with E-state index in [-0.39, 0.29) is 29.0 Å². The summed E-state index contributed by atoms with van der Waals surface area (Å²) in [6.45, 7) is 1.26. The Hall–Kier alpha value is -0.178. The third kappa shape index (κ3) is 6.23. The summed E-state index contributed by atoms with van der Waals surface area (Å²) in [6, 6.07) is -0.874. The summed E-state index contributed by atoms with van der Waals surface area (Å²) in [5, 5.41) is 10.6. The standard InChI is InChI=1S/C5H9NO3S.Cr/c1-3(7)6-4(2-10)5(8)9;/h4,10H,2H2,1H3,(H,6,7)(H,8,9);. The van der Waals surface area contributed by atoms with Gasteiger partial charge in [0.1, 0.15) is 6.04 Å². The Kier molecular flexibility index (Phi) is 7.96. The van der Waals surface area contributed by atoms with E-state index in [9.17, 15) is 9.59 Å². The van der Waals surface area contributed by atoms with Crippen LogP contribution in [0.2, 0.25) is 0 Å². The molecule has 0 aliphatic rings. The predicted octanol–water partition coefficient (Wildman–Crippen LogP) is -0.497. The molecule has 0 radical (unpaired) electrons. The Morgan fingerprint density at radius 2 is 2.09 bits per heavy atom. The minimum Gasteiger partial charge on any atom is -0.480 e. The third-order valence-corrected chi connectivity index (χ3v) is 1.22. The van der Waals surface area contributed by atoms with Gasteiger partial charge in [-0.1, -0.05) is 0 Å².